The van der Waals surface area contributed by atoms with Crippen molar-refractivity contribution < 1.29 is 9.84 Å². The number of ether oxygens (including phenoxy) is 1. The maximum absolute atomic E-state index is 9.62. The van der Waals surface area contributed by atoms with Gasteiger partial charge in [0.25, 0.3) is 0 Å². The fourth-order valence-corrected chi connectivity index (χ4v) is 2.09. The lowest BCUT2D eigenvalue weighted by molar-refractivity contribution is 0.143. The van der Waals surface area contributed by atoms with E-state index in [-0.39, 0.29) is 0 Å². The minimum atomic E-state index is 0.439. The molecule has 0 aliphatic rings. The van der Waals surface area contributed by atoms with Gasteiger partial charge in [-0.05, 0) is 37.8 Å². The van der Waals surface area contributed by atoms with E-state index in [4.69, 9.17) is 4.74 Å². The van der Waals surface area contributed by atoms with Gasteiger partial charge in [-0.15, -0.1) is 0 Å². The van der Waals surface area contributed by atoms with Crippen LogP contribution in [0.25, 0.3) is 0 Å². The molecule has 0 saturated heterocycles. The van der Waals surface area contributed by atoms with Gasteiger partial charge in [0, 0.05) is 13.2 Å². The van der Waals surface area contributed by atoms with E-state index < -0.39 is 0 Å². The van der Waals surface area contributed by atoms with Crippen molar-refractivity contribution >= 4 is 0 Å². The molecule has 1 N–H and O–H groups in total. The van der Waals surface area contributed by atoms with Gasteiger partial charge < -0.3 is 9.84 Å². The highest BCUT2D eigenvalue weighted by Gasteiger charge is 1.99. The monoisotopic (exact) mass is 250 g/mol. The van der Waals surface area contributed by atoms with Crippen molar-refractivity contribution in [2.24, 2.45) is 0 Å². The molecule has 0 aliphatic heterocycles. The average Bonchev–Trinajstić information content (AvgIpc) is 2.39. The summed E-state index contributed by atoms with van der Waals surface area (Å²) < 4.78 is 5.30. The second-order valence-electron chi connectivity index (χ2n) is 4.70. The average molecular weight is 250 g/mol. The number of unbranched alkanes of at least 4 members (excludes halogenated alkanes) is 5. The Hall–Kier alpha value is -1.02. The van der Waals surface area contributed by atoms with E-state index in [1.54, 1.807) is 6.07 Å². The third-order valence-corrected chi connectivity index (χ3v) is 3.18. The predicted molar refractivity (Wildman–Crippen MR) is 76.0 cm³/mol. The van der Waals surface area contributed by atoms with Crippen molar-refractivity contribution in [1.29, 1.82) is 0 Å². The van der Waals surface area contributed by atoms with Gasteiger partial charge in [0.05, 0.1) is 0 Å². The van der Waals surface area contributed by atoms with E-state index in [0.717, 1.165) is 25.2 Å². The summed E-state index contributed by atoms with van der Waals surface area (Å²) in [5, 5.41) is 9.62. The van der Waals surface area contributed by atoms with Crippen LogP contribution in [0.2, 0.25) is 0 Å². The predicted octanol–water partition coefficient (Wildman–Crippen LogP) is 4.31. The summed E-state index contributed by atoms with van der Waals surface area (Å²) in [4.78, 5) is 0. The number of benzene rings is 1. The number of aryl methyl sites for hydroxylation is 1. The Morgan fingerprint density at radius 1 is 0.944 bits per heavy atom. The van der Waals surface area contributed by atoms with Crippen LogP contribution in [0.15, 0.2) is 24.3 Å². The van der Waals surface area contributed by atoms with Crippen LogP contribution in [0, 0.1) is 0 Å². The third kappa shape index (κ3) is 6.65. The molecule has 0 bridgehead atoms. The maximum atomic E-state index is 9.62. The second kappa shape index (κ2) is 9.95. The van der Waals surface area contributed by atoms with Gasteiger partial charge in [-0.2, -0.15) is 0 Å². The van der Waals surface area contributed by atoms with E-state index >= 15 is 0 Å². The van der Waals surface area contributed by atoms with Gasteiger partial charge >= 0.3 is 0 Å². The van der Waals surface area contributed by atoms with Crippen LogP contribution in [0.3, 0.4) is 0 Å². The first-order chi connectivity index (χ1) is 8.84. The van der Waals surface area contributed by atoms with Crippen molar-refractivity contribution in [1.82, 2.24) is 0 Å². The fourth-order valence-electron chi connectivity index (χ4n) is 2.09. The Labute approximate surface area is 111 Å². The molecule has 1 rings (SSSR count). The lowest BCUT2D eigenvalue weighted by Gasteiger charge is -2.04. The van der Waals surface area contributed by atoms with Crippen LogP contribution < -0.4 is 0 Å². The molecule has 102 valence electrons. The molecule has 0 fully saturated rings. The number of para-hydroxylation sites is 1. The van der Waals surface area contributed by atoms with Crippen molar-refractivity contribution in [3.05, 3.63) is 29.8 Å². The Morgan fingerprint density at radius 3 is 2.33 bits per heavy atom. The van der Waals surface area contributed by atoms with Gasteiger partial charge in [-0.3, -0.25) is 0 Å². The SMILES string of the molecule is CCOCCCCCCCCc1ccccc1O. The molecule has 2 heteroatoms. The van der Waals surface area contributed by atoms with E-state index in [1.807, 2.05) is 25.1 Å². The van der Waals surface area contributed by atoms with E-state index in [2.05, 4.69) is 0 Å². The van der Waals surface area contributed by atoms with Gasteiger partial charge in [0.2, 0.25) is 0 Å². The Morgan fingerprint density at radius 2 is 1.61 bits per heavy atom. The normalized spacial score (nSPS) is 10.7. The molecular weight excluding hydrogens is 224 g/mol. The summed E-state index contributed by atoms with van der Waals surface area (Å²) in [6, 6.07) is 7.64. The Balaban J connectivity index is 1.94. The summed E-state index contributed by atoms with van der Waals surface area (Å²) in [7, 11) is 0. The molecule has 0 unspecified atom stereocenters. The molecule has 1 aromatic rings. The van der Waals surface area contributed by atoms with Gasteiger partial charge in [-0.1, -0.05) is 43.9 Å². The van der Waals surface area contributed by atoms with Gasteiger partial charge in [0.1, 0.15) is 5.75 Å². The van der Waals surface area contributed by atoms with Crippen LogP contribution >= 0.6 is 0 Å². The first-order valence-corrected chi connectivity index (χ1v) is 7.19. The van der Waals surface area contributed by atoms with E-state index in [1.165, 1.54) is 38.5 Å². The van der Waals surface area contributed by atoms with Crippen molar-refractivity contribution in [3.8, 4) is 5.75 Å². The zero-order valence-electron chi connectivity index (χ0n) is 11.5. The first kappa shape index (κ1) is 15.0. The number of hydrogen-bond acceptors (Lipinski definition) is 2. The summed E-state index contributed by atoms with van der Waals surface area (Å²) in [5.74, 6) is 0.439. The van der Waals surface area contributed by atoms with Crippen LogP contribution in [0.1, 0.15) is 51.0 Å². The van der Waals surface area contributed by atoms with E-state index in [0.29, 0.717) is 5.75 Å². The minimum Gasteiger partial charge on any atom is -0.508 e. The molecule has 18 heavy (non-hydrogen) atoms. The number of phenols is 1. The first-order valence-electron chi connectivity index (χ1n) is 7.19. The van der Waals surface area contributed by atoms with Crippen LogP contribution in [-0.4, -0.2) is 18.3 Å². The van der Waals surface area contributed by atoms with Crippen molar-refractivity contribution in [3.63, 3.8) is 0 Å². The van der Waals surface area contributed by atoms with Gasteiger partial charge in [-0.25, -0.2) is 0 Å². The quantitative estimate of drug-likeness (QED) is 0.627. The largest absolute Gasteiger partial charge is 0.508 e. The summed E-state index contributed by atoms with van der Waals surface area (Å²) in [6.07, 6.45) is 8.47. The highest BCUT2D eigenvalue weighted by Crippen LogP contribution is 2.18. The molecule has 2 nitrogen and oxygen atoms in total. The second-order valence-corrected chi connectivity index (χ2v) is 4.70. The van der Waals surface area contributed by atoms with Crippen LogP contribution in [0.4, 0.5) is 0 Å². The van der Waals surface area contributed by atoms with Crippen LogP contribution in [-0.2, 0) is 11.2 Å². The molecular formula is C16H26O2. The molecule has 0 heterocycles. The maximum Gasteiger partial charge on any atom is 0.118 e. The Bertz CT molecular complexity index is 310. The third-order valence-electron chi connectivity index (χ3n) is 3.18. The molecule has 0 spiro atoms. The topological polar surface area (TPSA) is 29.5 Å². The number of aromatic hydroxyl groups is 1. The van der Waals surface area contributed by atoms with Gasteiger partial charge in [0.15, 0.2) is 0 Å². The fraction of sp³-hybridized carbons (Fsp3) is 0.625. The highest BCUT2D eigenvalue weighted by molar-refractivity contribution is 5.31. The smallest absolute Gasteiger partial charge is 0.118 e. The Kier molecular flexibility index (Phi) is 8.32. The number of hydrogen-bond donors (Lipinski definition) is 1. The molecule has 0 radical (unpaired) electrons. The molecule has 1 aromatic carbocycles. The molecule has 0 amide bonds. The summed E-state index contributed by atoms with van der Waals surface area (Å²) >= 11 is 0. The molecule has 0 atom stereocenters. The summed E-state index contributed by atoms with van der Waals surface area (Å²) in [5.41, 5.74) is 1.08. The van der Waals surface area contributed by atoms with Crippen LogP contribution in [0.5, 0.6) is 5.75 Å². The molecule has 0 aromatic heterocycles. The molecule has 0 aliphatic carbocycles. The zero-order chi connectivity index (χ0) is 13.1. The highest BCUT2D eigenvalue weighted by atomic mass is 16.5. The van der Waals surface area contributed by atoms with E-state index in [9.17, 15) is 5.11 Å². The van der Waals surface area contributed by atoms with Crippen molar-refractivity contribution in [2.45, 2.75) is 51.9 Å². The molecule has 0 saturated carbocycles. The zero-order valence-corrected chi connectivity index (χ0v) is 11.5. The van der Waals surface area contributed by atoms with Crippen molar-refractivity contribution in [2.75, 3.05) is 13.2 Å². The minimum absolute atomic E-state index is 0.439. The number of rotatable bonds is 10. The summed E-state index contributed by atoms with van der Waals surface area (Å²) in [6.45, 7) is 3.79. The lowest BCUT2D eigenvalue weighted by Crippen LogP contribution is -1.93. The lowest BCUT2D eigenvalue weighted by atomic mass is 10.0. The number of phenolic OH excluding ortho intramolecular Hbond substituents is 1. The standard InChI is InChI=1S/C16H26O2/c1-2-18-14-10-6-4-3-5-7-11-15-12-8-9-13-16(15)17/h8-9,12-13,17H,2-7,10-11,14H2,1H3.